The monoisotopic (exact) mass is 285 g/mol. The quantitative estimate of drug-likeness (QED) is 0.686. The van der Waals surface area contributed by atoms with Gasteiger partial charge in [-0.1, -0.05) is 38.1 Å². The Balaban J connectivity index is 2.38. The van der Waals surface area contributed by atoms with Crippen LogP contribution in [-0.2, 0) is 14.3 Å². The molecule has 4 heteroatoms. The Bertz CT molecular complexity index is 637. The summed E-state index contributed by atoms with van der Waals surface area (Å²) in [5.74, 6) is -0.328. The molecular formula is C17H19NO3. The highest BCUT2D eigenvalue weighted by molar-refractivity contribution is 6.16. The maximum absolute atomic E-state index is 12.0. The fourth-order valence-electron chi connectivity index (χ4n) is 2.26. The summed E-state index contributed by atoms with van der Waals surface area (Å²) < 4.78 is 4.74. The molecule has 0 aromatic heterocycles. The molecule has 2 rings (SSSR count). The van der Waals surface area contributed by atoms with Crippen LogP contribution in [0.2, 0.25) is 0 Å². The molecule has 1 N–H and O–H groups in total. The first-order valence-electron chi connectivity index (χ1n) is 6.86. The highest BCUT2D eigenvalue weighted by Gasteiger charge is 2.30. The summed E-state index contributed by atoms with van der Waals surface area (Å²) >= 11 is 0. The lowest BCUT2D eigenvalue weighted by atomic mass is 9.99. The van der Waals surface area contributed by atoms with Gasteiger partial charge in [-0.15, -0.1) is 0 Å². The van der Waals surface area contributed by atoms with Crippen molar-refractivity contribution in [2.75, 3.05) is 7.11 Å². The van der Waals surface area contributed by atoms with Crippen LogP contribution >= 0.6 is 0 Å². The van der Waals surface area contributed by atoms with Crippen molar-refractivity contribution in [3.63, 3.8) is 0 Å². The number of hydrogen-bond acceptors (Lipinski definition) is 3. The largest absolute Gasteiger partial charge is 0.465 e. The van der Waals surface area contributed by atoms with E-state index in [-0.39, 0.29) is 5.91 Å². The molecule has 0 fully saturated rings. The Labute approximate surface area is 124 Å². The first kappa shape index (κ1) is 15.0. The van der Waals surface area contributed by atoms with E-state index >= 15 is 0 Å². The van der Waals surface area contributed by atoms with Crippen LogP contribution in [0.1, 0.15) is 37.8 Å². The van der Waals surface area contributed by atoms with Crippen LogP contribution in [0, 0.1) is 0 Å². The van der Waals surface area contributed by atoms with Crippen molar-refractivity contribution in [3.05, 3.63) is 52.2 Å². The van der Waals surface area contributed by atoms with Crippen LogP contribution in [0.5, 0.6) is 0 Å². The zero-order valence-electron chi connectivity index (χ0n) is 12.7. The predicted octanol–water partition coefficient (Wildman–Crippen LogP) is 2.77. The number of esters is 1. The van der Waals surface area contributed by atoms with Gasteiger partial charge in [-0.05, 0) is 30.0 Å². The molecule has 0 saturated heterocycles. The van der Waals surface area contributed by atoms with Gasteiger partial charge < -0.3 is 10.1 Å². The van der Waals surface area contributed by atoms with Crippen LogP contribution in [-0.4, -0.2) is 19.0 Å². The second-order valence-electron chi connectivity index (χ2n) is 5.33. The lowest BCUT2D eigenvalue weighted by molar-refractivity contribution is -0.136. The van der Waals surface area contributed by atoms with E-state index in [1.54, 1.807) is 13.0 Å². The van der Waals surface area contributed by atoms with Gasteiger partial charge in [-0.3, -0.25) is 4.79 Å². The number of hydrogen-bond donors (Lipinski definition) is 1. The molecule has 0 bridgehead atoms. The number of benzene rings is 1. The molecule has 0 radical (unpaired) electrons. The summed E-state index contributed by atoms with van der Waals surface area (Å²) in [7, 11) is 1.31. The molecule has 0 unspecified atom stereocenters. The predicted molar refractivity (Wildman–Crippen MR) is 81.4 cm³/mol. The van der Waals surface area contributed by atoms with Crippen molar-refractivity contribution in [2.45, 2.75) is 26.7 Å². The number of amides is 1. The van der Waals surface area contributed by atoms with Crippen LogP contribution in [0.25, 0.3) is 6.08 Å². The van der Waals surface area contributed by atoms with E-state index in [9.17, 15) is 9.59 Å². The lowest BCUT2D eigenvalue weighted by Gasteiger charge is -2.06. The maximum atomic E-state index is 12.0. The molecule has 0 spiro atoms. The average molecular weight is 285 g/mol. The van der Waals surface area contributed by atoms with Crippen LogP contribution < -0.4 is 5.32 Å². The Hall–Kier alpha value is -2.36. The molecule has 0 saturated carbocycles. The molecule has 1 aliphatic rings. The lowest BCUT2D eigenvalue weighted by Crippen LogP contribution is -2.15. The molecule has 0 aliphatic carbocycles. The van der Waals surface area contributed by atoms with E-state index in [1.807, 2.05) is 24.3 Å². The number of ether oxygens (including phenoxy) is 1. The molecular weight excluding hydrogens is 266 g/mol. The highest BCUT2D eigenvalue weighted by atomic mass is 16.5. The van der Waals surface area contributed by atoms with Gasteiger partial charge in [0.2, 0.25) is 0 Å². The topological polar surface area (TPSA) is 55.4 Å². The summed E-state index contributed by atoms with van der Waals surface area (Å²) in [5.41, 5.74) is 3.28. The first-order valence-corrected chi connectivity index (χ1v) is 6.86. The molecule has 1 amide bonds. The number of carbonyl (C=O) groups is 2. The van der Waals surface area contributed by atoms with Crippen molar-refractivity contribution >= 4 is 18.0 Å². The molecule has 1 aliphatic heterocycles. The number of carbonyl (C=O) groups excluding carboxylic acids is 2. The minimum absolute atomic E-state index is 0.277. The van der Waals surface area contributed by atoms with Gasteiger partial charge >= 0.3 is 5.97 Å². The van der Waals surface area contributed by atoms with Crippen LogP contribution in [0.4, 0.5) is 0 Å². The van der Waals surface area contributed by atoms with Gasteiger partial charge in [0.25, 0.3) is 5.91 Å². The Kier molecular flexibility index (Phi) is 4.26. The molecule has 1 aromatic carbocycles. The Morgan fingerprint density at radius 1 is 1.24 bits per heavy atom. The van der Waals surface area contributed by atoms with Crippen LogP contribution in [0.15, 0.2) is 41.1 Å². The normalized spacial score (nSPS) is 16.6. The molecule has 1 aromatic rings. The highest BCUT2D eigenvalue weighted by Crippen LogP contribution is 2.25. The number of methoxy groups -OCH3 is 1. The van der Waals surface area contributed by atoms with Gasteiger partial charge in [0.1, 0.15) is 0 Å². The zero-order chi connectivity index (χ0) is 15.6. The summed E-state index contributed by atoms with van der Waals surface area (Å²) in [6.07, 6.45) is 1.71. The smallest absolute Gasteiger partial charge is 0.340 e. The van der Waals surface area contributed by atoms with Gasteiger partial charge in [-0.2, -0.15) is 0 Å². The summed E-state index contributed by atoms with van der Waals surface area (Å²) in [6, 6.07) is 7.94. The second-order valence-corrected chi connectivity index (χ2v) is 5.33. The average Bonchev–Trinajstić information content (AvgIpc) is 2.73. The zero-order valence-corrected chi connectivity index (χ0v) is 12.7. The van der Waals surface area contributed by atoms with E-state index in [1.165, 1.54) is 12.7 Å². The number of rotatable bonds is 3. The van der Waals surface area contributed by atoms with Gasteiger partial charge in [0.05, 0.1) is 18.3 Å². The molecule has 4 nitrogen and oxygen atoms in total. The van der Waals surface area contributed by atoms with Gasteiger partial charge in [0, 0.05) is 5.70 Å². The van der Waals surface area contributed by atoms with Crippen molar-refractivity contribution in [2.24, 2.45) is 0 Å². The van der Waals surface area contributed by atoms with Crippen molar-refractivity contribution in [1.82, 2.24) is 5.32 Å². The molecule has 110 valence electrons. The molecule has 1 heterocycles. The summed E-state index contributed by atoms with van der Waals surface area (Å²) in [6.45, 7) is 5.94. The maximum Gasteiger partial charge on any atom is 0.340 e. The van der Waals surface area contributed by atoms with Gasteiger partial charge in [0.15, 0.2) is 0 Å². The Morgan fingerprint density at radius 3 is 2.38 bits per heavy atom. The standard InChI is InChI=1S/C17H19NO3/c1-10(2)13-7-5-12(6-8-13)9-14-15(17(20)21-4)11(3)18-16(14)19/h5-10H,1-4H3,(H,18,19). The van der Waals surface area contributed by atoms with E-state index in [4.69, 9.17) is 4.74 Å². The number of allylic oxidation sites excluding steroid dienone is 1. The SMILES string of the molecule is COC(=O)C1=C(C)NC(=O)C1=Cc1ccc(C(C)C)cc1. The number of nitrogens with one attached hydrogen (secondary N) is 1. The van der Waals surface area contributed by atoms with E-state index < -0.39 is 5.97 Å². The van der Waals surface area contributed by atoms with E-state index in [0.29, 0.717) is 22.8 Å². The van der Waals surface area contributed by atoms with Crippen LogP contribution in [0.3, 0.4) is 0 Å². The summed E-state index contributed by atoms with van der Waals surface area (Å²) in [5, 5.41) is 2.65. The Morgan fingerprint density at radius 2 is 1.86 bits per heavy atom. The van der Waals surface area contributed by atoms with Crippen molar-refractivity contribution < 1.29 is 14.3 Å². The third kappa shape index (κ3) is 3.05. The fourth-order valence-corrected chi connectivity index (χ4v) is 2.26. The van der Waals surface area contributed by atoms with E-state index in [0.717, 1.165) is 5.56 Å². The van der Waals surface area contributed by atoms with E-state index in [2.05, 4.69) is 19.2 Å². The third-order valence-corrected chi connectivity index (χ3v) is 3.49. The summed E-state index contributed by atoms with van der Waals surface area (Å²) in [4.78, 5) is 23.8. The van der Waals surface area contributed by atoms with Gasteiger partial charge in [-0.25, -0.2) is 4.79 Å². The fraction of sp³-hybridized carbons (Fsp3) is 0.294. The third-order valence-electron chi connectivity index (χ3n) is 3.49. The minimum Gasteiger partial charge on any atom is -0.465 e. The minimum atomic E-state index is -0.504. The molecule has 0 atom stereocenters. The van der Waals surface area contributed by atoms with Crippen molar-refractivity contribution in [1.29, 1.82) is 0 Å². The van der Waals surface area contributed by atoms with Crippen molar-refractivity contribution in [3.8, 4) is 0 Å². The first-order chi connectivity index (χ1) is 9.93. The molecule has 21 heavy (non-hydrogen) atoms. The second kappa shape index (κ2) is 5.95.